The minimum absolute atomic E-state index is 0.0883. The molecule has 0 radical (unpaired) electrons. The van der Waals surface area contributed by atoms with E-state index in [1.54, 1.807) is 27.6 Å². The predicted molar refractivity (Wildman–Crippen MR) is 166 cm³/mol. The fourth-order valence-corrected chi connectivity index (χ4v) is 7.50. The molecule has 1 aromatic carbocycles. The van der Waals surface area contributed by atoms with Crippen molar-refractivity contribution in [3.63, 3.8) is 0 Å². The van der Waals surface area contributed by atoms with E-state index in [0.717, 1.165) is 70.3 Å². The van der Waals surface area contributed by atoms with Crippen molar-refractivity contribution >= 4 is 49.6 Å². The molecule has 0 spiro atoms. The number of aliphatic hydroxyl groups is 1. The lowest BCUT2D eigenvalue weighted by atomic mass is 10.0. The number of rotatable bonds is 8. The van der Waals surface area contributed by atoms with Crippen molar-refractivity contribution in [3.8, 4) is 11.3 Å². The van der Waals surface area contributed by atoms with Crippen LogP contribution in [0.2, 0.25) is 0 Å². The maximum atomic E-state index is 12.6. The van der Waals surface area contributed by atoms with Crippen molar-refractivity contribution in [2.75, 3.05) is 56.6 Å². The fourth-order valence-electron chi connectivity index (χ4n) is 5.66. The Balaban J connectivity index is 1.22. The molecule has 4 aromatic rings. The number of imidazole rings is 1. The SMILES string of the molecule is CCc1nc2sc(N3CCCC(N(C)CC(=O)N4CC(O)C4)C3)nn2c1N(C)c1nc(-c2ccc(C)cc2)c(C)s1. The second-order valence-corrected chi connectivity index (χ2v) is 13.4. The number of likely N-dealkylation sites (N-methyl/N-ethyl adjacent to an activating group) is 1. The van der Waals surface area contributed by atoms with Crippen LogP contribution in [-0.2, 0) is 11.2 Å². The number of amides is 1. The summed E-state index contributed by atoms with van der Waals surface area (Å²) in [4.78, 5) is 33.0. The molecule has 1 unspecified atom stereocenters. The van der Waals surface area contributed by atoms with E-state index in [0.29, 0.717) is 19.6 Å². The number of aromatic nitrogens is 4. The predicted octanol–water partition coefficient (Wildman–Crippen LogP) is 3.97. The third-order valence-corrected chi connectivity index (χ3v) is 10.2. The first-order valence-corrected chi connectivity index (χ1v) is 15.9. The molecule has 12 heteroatoms. The standard InChI is InChI=1S/C29H38N8O2S2/c1-6-23-26(34(5)27-31-25(19(3)40-27)20-11-9-18(2)10-12-20)37-28(30-23)41-29(32-37)35-13-7-8-21(14-35)33(4)17-24(39)36-15-22(38)16-36/h9-12,21-22,38H,6-8,13-17H2,1-5H3. The van der Waals surface area contributed by atoms with Gasteiger partial charge in [0.2, 0.25) is 16.0 Å². The number of hydrogen-bond acceptors (Lipinski definition) is 10. The Bertz CT molecular complexity index is 1540. The maximum Gasteiger partial charge on any atom is 0.236 e. The van der Waals surface area contributed by atoms with Gasteiger partial charge in [-0.1, -0.05) is 48.1 Å². The number of anilines is 3. The van der Waals surface area contributed by atoms with Crippen LogP contribution in [0, 0.1) is 13.8 Å². The van der Waals surface area contributed by atoms with E-state index in [9.17, 15) is 9.90 Å². The van der Waals surface area contributed by atoms with Crippen LogP contribution in [0.5, 0.6) is 0 Å². The average molecular weight is 595 g/mol. The molecule has 2 saturated heterocycles. The highest BCUT2D eigenvalue weighted by molar-refractivity contribution is 7.20. The van der Waals surface area contributed by atoms with Crippen LogP contribution in [0.25, 0.3) is 16.2 Å². The number of carbonyl (C=O) groups excluding carboxylic acids is 1. The van der Waals surface area contributed by atoms with Gasteiger partial charge in [0.05, 0.1) is 24.0 Å². The second-order valence-electron chi connectivity index (χ2n) is 11.3. The van der Waals surface area contributed by atoms with E-state index in [4.69, 9.17) is 15.1 Å². The smallest absolute Gasteiger partial charge is 0.236 e. The van der Waals surface area contributed by atoms with Crippen molar-refractivity contribution in [3.05, 3.63) is 40.4 Å². The minimum Gasteiger partial charge on any atom is -0.389 e. The molecular weight excluding hydrogens is 557 g/mol. The van der Waals surface area contributed by atoms with Crippen molar-refractivity contribution in [1.82, 2.24) is 29.4 Å². The molecule has 2 aliphatic heterocycles. The van der Waals surface area contributed by atoms with Gasteiger partial charge in [0.15, 0.2) is 10.9 Å². The van der Waals surface area contributed by atoms with Crippen molar-refractivity contribution < 1.29 is 9.90 Å². The minimum atomic E-state index is -0.370. The lowest BCUT2D eigenvalue weighted by molar-refractivity contribution is -0.142. The number of benzene rings is 1. The number of β-amino-alcohol motifs (C(OH)–C–C–N with tert-alkyl or cyclic N) is 1. The number of aliphatic hydroxyl groups excluding tert-OH is 1. The first-order valence-electron chi connectivity index (χ1n) is 14.3. The third kappa shape index (κ3) is 5.45. The first kappa shape index (κ1) is 28.1. The summed E-state index contributed by atoms with van der Waals surface area (Å²) < 4.78 is 1.98. The van der Waals surface area contributed by atoms with Crippen molar-refractivity contribution in [2.45, 2.75) is 52.2 Å². The normalized spacial score (nSPS) is 18.0. The summed E-state index contributed by atoms with van der Waals surface area (Å²) in [5.74, 6) is 1.05. The van der Waals surface area contributed by atoms with Crippen LogP contribution in [0.4, 0.5) is 16.1 Å². The summed E-state index contributed by atoms with van der Waals surface area (Å²) in [6, 6.07) is 8.79. The topological polar surface area (TPSA) is 93.3 Å². The Hall–Kier alpha value is -3.06. The van der Waals surface area contributed by atoms with Crippen LogP contribution >= 0.6 is 22.7 Å². The zero-order valence-corrected chi connectivity index (χ0v) is 26.0. The van der Waals surface area contributed by atoms with Gasteiger partial charge in [-0.3, -0.25) is 9.69 Å². The monoisotopic (exact) mass is 594 g/mol. The van der Waals surface area contributed by atoms with E-state index >= 15 is 0 Å². The number of aryl methyl sites for hydroxylation is 3. The molecular formula is C29H38N8O2S2. The highest BCUT2D eigenvalue weighted by atomic mass is 32.1. The van der Waals surface area contributed by atoms with Gasteiger partial charge in [0, 0.05) is 49.7 Å². The lowest BCUT2D eigenvalue weighted by Crippen LogP contribution is -2.57. The number of hydrogen-bond donors (Lipinski definition) is 1. The molecule has 2 fully saturated rings. The van der Waals surface area contributed by atoms with Gasteiger partial charge in [0.25, 0.3) is 0 Å². The second kappa shape index (κ2) is 11.3. The molecule has 1 N–H and O–H groups in total. The van der Waals surface area contributed by atoms with Crippen molar-refractivity contribution in [1.29, 1.82) is 0 Å². The van der Waals surface area contributed by atoms with Crippen molar-refractivity contribution in [2.24, 2.45) is 0 Å². The summed E-state index contributed by atoms with van der Waals surface area (Å²) in [6.45, 7) is 9.38. The third-order valence-electron chi connectivity index (χ3n) is 8.18. The Kier molecular flexibility index (Phi) is 7.75. The van der Waals surface area contributed by atoms with E-state index in [2.05, 4.69) is 66.8 Å². The largest absolute Gasteiger partial charge is 0.389 e. The van der Waals surface area contributed by atoms with Gasteiger partial charge in [0.1, 0.15) is 0 Å². The molecule has 3 aromatic heterocycles. The molecule has 0 aliphatic carbocycles. The molecule has 1 atom stereocenters. The van der Waals surface area contributed by atoms with Gasteiger partial charge in [-0.25, -0.2) is 9.97 Å². The van der Waals surface area contributed by atoms with E-state index in [1.807, 2.05) is 11.6 Å². The van der Waals surface area contributed by atoms with Gasteiger partial charge in [-0.05, 0) is 40.2 Å². The van der Waals surface area contributed by atoms with Crippen LogP contribution in [0.1, 0.15) is 35.9 Å². The number of carbonyl (C=O) groups is 1. The summed E-state index contributed by atoms with van der Waals surface area (Å²) in [6.07, 6.45) is 2.52. The Morgan fingerprint density at radius 2 is 1.85 bits per heavy atom. The van der Waals surface area contributed by atoms with Gasteiger partial charge in [-0.15, -0.1) is 16.4 Å². The van der Waals surface area contributed by atoms with E-state index < -0.39 is 0 Å². The van der Waals surface area contributed by atoms with Gasteiger partial charge >= 0.3 is 0 Å². The molecule has 2 aliphatic rings. The molecule has 41 heavy (non-hydrogen) atoms. The number of nitrogens with zero attached hydrogens (tertiary/aromatic N) is 8. The number of fused-ring (bicyclic) bond motifs is 1. The quantitative estimate of drug-likeness (QED) is 0.328. The Labute approximate surface area is 248 Å². The summed E-state index contributed by atoms with van der Waals surface area (Å²) in [5.41, 5.74) is 4.39. The van der Waals surface area contributed by atoms with E-state index in [1.165, 1.54) is 10.4 Å². The molecule has 6 rings (SSSR count). The van der Waals surface area contributed by atoms with Gasteiger partial charge in [-0.2, -0.15) is 4.52 Å². The fraction of sp³-hybridized carbons (Fsp3) is 0.517. The zero-order chi connectivity index (χ0) is 28.8. The number of likely N-dealkylation sites (tertiary alicyclic amines) is 1. The van der Waals surface area contributed by atoms with Gasteiger partial charge < -0.3 is 19.8 Å². The summed E-state index contributed by atoms with van der Waals surface area (Å²) in [5, 5.41) is 16.5. The molecule has 1 amide bonds. The van der Waals surface area contributed by atoms with E-state index in [-0.39, 0.29) is 18.1 Å². The number of thiazole rings is 1. The molecule has 218 valence electrons. The highest BCUT2D eigenvalue weighted by Crippen LogP contribution is 2.38. The summed E-state index contributed by atoms with van der Waals surface area (Å²) in [7, 11) is 4.08. The van der Waals surface area contributed by atoms with Crippen LogP contribution in [0.3, 0.4) is 0 Å². The van der Waals surface area contributed by atoms with Crippen LogP contribution < -0.4 is 9.80 Å². The molecule has 10 nitrogen and oxygen atoms in total. The first-order chi connectivity index (χ1) is 19.7. The highest BCUT2D eigenvalue weighted by Gasteiger charge is 2.32. The molecule has 0 bridgehead atoms. The maximum absolute atomic E-state index is 12.6. The number of piperidine rings is 1. The van der Waals surface area contributed by atoms with Crippen LogP contribution in [-0.4, -0.2) is 99.4 Å². The zero-order valence-electron chi connectivity index (χ0n) is 24.4. The lowest BCUT2D eigenvalue weighted by Gasteiger charge is -2.40. The van der Waals surface area contributed by atoms with Crippen LogP contribution in [0.15, 0.2) is 24.3 Å². The summed E-state index contributed by atoms with van der Waals surface area (Å²) >= 11 is 3.31. The Morgan fingerprint density at radius 3 is 2.56 bits per heavy atom. The molecule has 0 saturated carbocycles. The average Bonchev–Trinajstić information content (AvgIpc) is 3.63. The Morgan fingerprint density at radius 1 is 1.10 bits per heavy atom. The molecule has 5 heterocycles.